The number of halogens is 3. The van der Waals surface area contributed by atoms with Gasteiger partial charge in [-0.15, -0.1) is 0 Å². The molecule has 1 atom stereocenters. The van der Waals surface area contributed by atoms with E-state index < -0.39 is 17.5 Å². The summed E-state index contributed by atoms with van der Waals surface area (Å²) in [6.45, 7) is 2.17. The average Bonchev–Trinajstić information content (AvgIpc) is 2.96. The molecule has 0 aliphatic heterocycles. The summed E-state index contributed by atoms with van der Waals surface area (Å²) < 4.78 is 46.5. The number of hydrogen-bond acceptors (Lipinski definition) is 1. The molecule has 1 saturated carbocycles. The highest BCUT2D eigenvalue weighted by atomic mass is 19.2. The maximum Gasteiger partial charge on any atom is 0.165 e. The van der Waals surface area contributed by atoms with Gasteiger partial charge in [0.2, 0.25) is 0 Å². The lowest BCUT2D eigenvalue weighted by Gasteiger charge is -2.32. The van der Waals surface area contributed by atoms with Gasteiger partial charge in [0.25, 0.3) is 0 Å². The van der Waals surface area contributed by atoms with Crippen LogP contribution >= 0.6 is 0 Å². The topological polar surface area (TPSA) is 23.8 Å². The highest BCUT2D eigenvalue weighted by molar-refractivity contribution is 5.41. The molecule has 198 valence electrons. The predicted octanol–water partition coefficient (Wildman–Crippen LogP) is 9.11. The summed E-state index contributed by atoms with van der Waals surface area (Å²) in [4.78, 5) is 0. The first kappa shape index (κ1) is 26.5. The minimum absolute atomic E-state index is 0.0230. The monoisotopic (exact) mass is 515 g/mol. The molecular weight excluding hydrogens is 479 g/mol. The number of hydrogen-bond donors (Lipinski definition) is 0. The molecule has 0 bridgehead atoms. The molecule has 0 heterocycles. The largest absolute Gasteiger partial charge is 0.206 e. The van der Waals surface area contributed by atoms with E-state index in [0.717, 1.165) is 50.5 Å². The minimum Gasteiger partial charge on any atom is -0.206 e. The fourth-order valence-corrected chi connectivity index (χ4v) is 6.67. The van der Waals surface area contributed by atoms with Crippen molar-refractivity contribution in [2.45, 2.75) is 89.4 Å². The summed E-state index contributed by atoms with van der Waals surface area (Å²) in [7, 11) is 0. The first-order valence-electron chi connectivity index (χ1n) is 14.2. The first-order valence-corrected chi connectivity index (χ1v) is 14.2. The molecule has 2 aliphatic rings. The fourth-order valence-electron chi connectivity index (χ4n) is 6.67. The van der Waals surface area contributed by atoms with E-state index in [1.54, 1.807) is 0 Å². The molecule has 5 rings (SSSR count). The lowest BCUT2D eigenvalue weighted by molar-refractivity contribution is 0.354. The molecular formula is C34H36F3N. The third kappa shape index (κ3) is 5.53. The summed E-state index contributed by atoms with van der Waals surface area (Å²) in [5, 5.41) is 9.02. The van der Waals surface area contributed by atoms with Crippen molar-refractivity contribution in [3.8, 4) is 6.07 Å². The lowest BCUT2D eigenvalue weighted by Crippen LogP contribution is -2.22. The Hall–Kier alpha value is -3.06. The second kappa shape index (κ2) is 11.8. The van der Waals surface area contributed by atoms with Crippen LogP contribution in [0.15, 0.2) is 48.5 Å². The Labute approximate surface area is 224 Å². The van der Waals surface area contributed by atoms with Gasteiger partial charge in [-0.3, -0.25) is 0 Å². The number of aryl methyl sites for hydroxylation is 2. The van der Waals surface area contributed by atoms with Crippen LogP contribution in [0.3, 0.4) is 0 Å². The molecule has 3 aromatic carbocycles. The van der Waals surface area contributed by atoms with E-state index in [1.165, 1.54) is 11.1 Å². The third-order valence-electron chi connectivity index (χ3n) is 8.90. The van der Waals surface area contributed by atoms with Gasteiger partial charge in [0.1, 0.15) is 5.82 Å². The van der Waals surface area contributed by atoms with Gasteiger partial charge in [0.15, 0.2) is 11.6 Å². The quantitative estimate of drug-likeness (QED) is 0.288. The second-order valence-corrected chi connectivity index (χ2v) is 11.3. The van der Waals surface area contributed by atoms with Crippen LogP contribution in [0.1, 0.15) is 103 Å². The summed E-state index contributed by atoms with van der Waals surface area (Å²) in [6.07, 6.45) is 8.58. The molecule has 3 aromatic rings. The third-order valence-corrected chi connectivity index (χ3v) is 8.90. The molecule has 0 amide bonds. The molecule has 0 spiro atoms. The summed E-state index contributed by atoms with van der Waals surface area (Å²) in [5.41, 5.74) is 5.04. The molecule has 1 fully saturated rings. The average molecular weight is 516 g/mol. The van der Waals surface area contributed by atoms with Crippen molar-refractivity contribution in [3.05, 3.63) is 105 Å². The van der Waals surface area contributed by atoms with Gasteiger partial charge in [-0.2, -0.15) is 5.26 Å². The number of fused-ring (bicyclic) bond motifs is 1. The van der Waals surface area contributed by atoms with Gasteiger partial charge in [-0.1, -0.05) is 49.7 Å². The normalized spacial score (nSPS) is 21.1. The Balaban J connectivity index is 1.25. The van der Waals surface area contributed by atoms with Crippen LogP contribution in [-0.2, 0) is 25.7 Å². The van der Waals surface area contributed by atoms with Crippen molar-refractivity contribution in [3.63, 3.8) is 0 Å². The highest BCUT2D eigenvalue weighted by Gasteiger charge is 2.34. The van der Waals surface area contributed by atoms with Crippen molar-refractivity contribution in [2.24, 2.45) is 5.92 Å². The van der Waals surface area contributed by atoms with Crippen molar-refractivity contribution in [2.75, 3.05) is 0 Å². The van der Waals surface area contributed by atoms with Gasteiger partial charge >= 0.3 is 0 Å². The Bertz CT molecular complexity index is 1300. The molecule has 0 radical (unpaired) electrons. The van der Waals surface area contributed by atoms with Gasteiger partial charge in [0.05, 0.1) is 11.6 Å². The van der Waals surface area contributed by atoms with Crippen molar-refractivity contribution in [1.82, 2.24) is 0 Å². The highest BCUT2D eigenvalue weighted by Crippen LogP contribution is 2.44. The lowest BCUT2D eigenvalue weighted by atomic mass is 9.73. The summed E-state index contributed by atoms with van der Waals surface area (Å²) >= 11 is 0. The Morgan fingerprint density at radius 1 is 0.737 bits per heavy atom. The SMILES string of the molecule is CCCc1ccc(CCC2CCc3c(F)c(C4CCC(c5ccc(C#N)cc5)CC4)c(F)c(F)c3C2)cc1. The summed E-state index contributed by atoms with van der Waals surface area (Å²) in [5.74, 6) is -2.03. The Morgan fingerprint density at radius 2 is 1.37 bits per heavy atom. The maximum atomic E-state index is 15.7. The zero-order valence-electron chi connectivity index (χ0n) is 22.2. The number of rotatable bonds is 7. The van der Waals surface area contributed by atoms with Gasteiger partial charge in [0, 0.05) is 5.56 Å². The van der Waals surface area contributed by atoms with E-state index in [0.29, 0.717) is 42.7 Å². The van der Waals surface area contributed by atoms with E-state index in [4.69, 9.17) is 5.26 Å². The molecule has 38 heavy (non-hydrogen) atoms. The van der Waals surface area contributed by atoms with Crippen LogP contribution in [0.25, 0.3) is 0 Å². The Morgan fingerprint density at radius 3 is 2.00 bits per heavy atom. The van der Waals surface area contributed by atoms with Crippen LogP contribution in [0.4, 0.5) is 13.2 Å². The van der Waals surface area contributed by atoms with Crippen LogP contribution in [0.5, 0.6) is 0 Å². The zero-order valence-corrected chi connectivity index (χ0v) is 22.2. The number of nitrogens with zero attached hydrogens (tertiary/aromatic N) is 1. The number of benzene rings is 3. The summed E-state index contributed by atoms with van der Waals surface area (Å²) in [6, 6.07) is 18.4. The van der Waals surface area contributed by atoms with Crippen LogP contribution < -0.4 is 0 Å². The number of nitriles is 1. The van der Waals surface area contributed by atoms with Crippen molar-refractivity contribution in [1.29, 1.82) is 5.26 Å². The van der Waals surface area contributed by atoms with Crippen molar-refractivity contribution < 1.29 is 13.2 Å². The van der Waals surface area contributed by atoms with Crippen molar-refractivity contribution >= 4 is 0 Å². The molecule has 0 saturated heterocycles. The second-order valence-electron chi connectivity index (χ2n) is 11.3. The van der Waals surface area contributed by atoms with E-state index in [2.05, 4.69) is 37.3 Å². The zero-order chi connectivity index (χ0) is 26.6. The van der Waals surface area contributed by atoms with Gasteiger partial charge < -0.3 is 0 Å². The molecule has 0 N–H and O–H groups in total. The maximum absolute atomic E-state index is 15.7. The fraction of sp³-hybridized carbons (Fsp3) is 0.441. The van der Waals surface area contributed by atoms with Crippen LogP contribution in [0, 0.1) is 34.7 Å². The van der Waals surface area contributed by atoms with E-state index in [9.17, 15) is 0 Å². The van der Waals surface area contributed by atoms with E-state index in [1.807, 2.05) is 24.3 Å². The molecule has 2 aliphatic carbocycles. The molecule has 0 aromatic heterocycles. The molecule has 1 unspecified atom stereocenters. The predicted molar refractivity (Wildman–Crippen MR) is 146 cm³/mol. The van der Waals surface area contributed by atoms with Crippen LogP contribution in [0.2, 0.25) is 0 Å². The van der Waals surface area contributed by atoms with Crippen LogP contribution in [-0.4, -0.2) is 0 Å². The first-order chi connectivity index (χ1) is 18.5. The molecule has 4 heteroatoms. The smallest absolute Gasteiger partial charge is 0.165 e. The van der Waals surface area contributed by atoms with E-state index in [-0.39, 0.29) is 23.0 Å². The standard InChI is InChI=1S/C34H36F3N/c1-2-3-22-4-6-23(7-5-22)8-9-24-12-19-29-30(20-24)33(36)34(37)31(32(29)35)28-17-15-27(16-18-28)26-13-10-25(21-38)11-14-26/h4-7,10-11,13-14,24,27-28H,2-3,8-9,12,15-20H2,1H3. The van der Waals surface area contributed by atoms with Gasteiger partial charge in [-0.05, 0) is 122 Å². The minimum atomic E-state index is -0.963. The van der Waals surface area contributed by atoms with Gasteiger partial charge in [-0.25, -0.2) is 13.2 Å². The van der Waals surface area contributed by atoms with E-state index >= 15 is 13.2 Å². The molecule has 1 nitrogen and oxygen atoms in total. The Kier molecular flexibility index (Phi) is 8.22.